The van der Waals surface area contributed by atoms with Gasteiger partial charge in [-0.15, -0.1) is 0 Å². The first-order valence-corrected chi connectivity index (χ1v) is 9.64. The number of rotatable bonds is 3. The van der Waals surface area contributed by atoms with Crippen molar-refractivity contribution in [1.29, 1.82) is 0 Å². The minimum absolute atomic E-state index is 0.0134. The van der Waals surface area contributed by atoms with Crippen molar-refractivity contribution in [3.8, 4) is 0 Å². The van der Waals surface area contributed by atoms with E-state index < -0.39 is 17.7 Å². The highest BCUT2D eigenvalue weighted by molar-refractivity contribution is 6.41. The molecule has 2 rings (SSSR count). The third kappa shape index (κ3) is 6.98. The number of nitrogens with one attached hydrogen (secondary N) is 1. The maximum atomic E-state index is 12.2. The summed E-state index contributed by atoms with van der Waals surface area (Å²) in [6.07, 6.45) is 0.438. The lowest BCUT2D eigenvalue weighted by Gasteiger charge is -2.24. The fourth-order valence-electron chi connectivity index (χ4n) is 2.40. The van der Waals surface area contributed by atoms with Crippen LogP contribution < -0.4 is 10.2 Å². The zero-order valence-electron chi connectivity index (χ0n) is 17.8. The zero-order valence-corrected chi connectivity index (χ0v) is 17.8. The molecule has 0 fully saturated rings. The number of para-hydroxylation sites is 1. The molecule has 0 radical (unpaired) electrons. The summed E-state index contributed by atoms with van der Waals surface area (Å²) in [5.74, 6) is -1.44. The molecular formula is C21H36N2O3. The summed E-state index contributed by atoms with van der Waals surface area (Å²) < 4.78 is 0. The molecule has 0 saturated carbocycles. The highest BCUT2D eigenvalue weighted by Gasteiger charge is 2.39. The summed E-state index contributed by atoms with van der Waals surface area (Å²) in [5.41, 5.74) is 1.56. The molecule has 1 aliphatic rings. The van der Waals surface area contributed by atoms with Gasteiger partial charge in [-0.2, -0.15) is 0 Å². The van der Waals surface area contributed by atoms with Crippen LogP contribution in [0.1, 0.15) is 67.9 Å². The summed E-state index contributed by atoms with van der Waals surface area (Å²) in [5, 5.41) is 2.80. The monoisotopic (exact) mass is 364 g/mol. The molecule has 0 aromatic heterocycles. The highest BCUT2D eigenvalue weighted by atomic mass is 16.2. The van der Waals surface area contributed by atoms with Crippen LogP contribution >= 0.6 is 0 Å². The Morgan fingerprint density at radius 1 is 1.00 bits per heavy atom. The highest BCUT2D eigenvalue weighted by Crippen LogP contribution is 2.32. The summed E-state index contributed by atoms with van der Waals surface area (Å²) in [6.45, 7) is 16.9. The SMILES string of the molecule is CC.CC.CC.CC(=O)C(=O)N1c2ccccc2C[C@H]1C(=O)NC(C)C. The van der Waals surface area contributed by atoms with E-state index in [2.05, 4.69) is 5.32 Å². The maximum absolute atomic E-state index is 12.2. The number of nitrogens with zero attached hydrogens (tertiary/aromatic N) is 1. The number of hydrogen-bond donors (Lipinski definition) is 1. The van der Waals surface area contributed by atoms with Gasteiger partial charge in [0, 0.05) is 25.1 Å². The van der Waals surface area contributed by atoms with E-state index in [1.165, 1.54) is 11.8 Å². The van der Waals surface area contributed by atoms with E-state index in [-0.39, 0.29) is 11.9 Å². The zero-order chi connectivity index (χ0) is 20.9. The minimum Gasteiger partial charge on any atom is -0.352 e. The Morgan fingerprint density at radius 3 is 1.96 bits per heavy atom. The second-order valence-corrected chi connectivity index (χ2v) is 5.24. The van der Waals surface area contributed by atoms with Gasteiger partial charge < -0.3 is 5.32 Å². The topological polar surface area (TPSA) is 66.5 Å². The molecule has 1 aromatic carbocycles. The molecule has 0 bridgehead atoms. The van der Waals surface area contributed by atoms with E-state index >= 15 is 0 Å². The molecule has 2 amide bonds. The van der Waals surface area contributed by atoms with Crippen LogP contribution in [-0.4, -0.2) is 29.7 Å². The first-order valence-electron chi connectivity index (χ1n) is 9.64. The molecule has 1 aliphatic heterocycles. The Labute approximate surface area is 159 Å². The largest absolute Gasteiger partial charge is 0.352 e. The van der Waals surface area contributed by atoms with Crippen LogP contribution in [0.5, 0.6) is 0 Å². The Bertz CT molecular complexity index is 568. The van der Waals surface area contributed by atoms with Crippen molar-refractivity contribution in [1.82, 2.24) is 5.32 Å². The standard InChI is InChI=1S/C15H18N2O3.3C2H6/c1-9(2)16-14(19)13-8-11-6-4-5-7-12(11)17(13)15(20)10(3)18;3*1-2/h4-7,9,13H,8H2,1-3H3,(H,16,19);3*1-2H3/t13-;;;/m0.../s1. The van der Waals surface area contributed by atoms with Gasteiger partial charge in [0.2, 0.25) is 11.7 Å². The summed E-state index contributed by atoms with van der Waals surface area (Å²) in [6, 6.07) is 6.63. The molecule has 0 aliphatic carbocycles. The van der Waals surface area contributed by atoms with E-state index in [1.807, 2.05) is 67.5 Å². The lowest BCUT2D eigenvalue weighted by Crippen LogP contribution is -2.51. The number of anilines is 1. The Balaban J connectivity index is 0. The predicted octanol–water partition coefficient (Wildman–Crippen LogP) is 4.14. The second kappa shape index (κ2) is 14.0. The van der Waals surface area contributed by atoms with Crippen LogP contribution in [0.3, 0.4) is 0 Å². The van der Waals surface area contributed by atoms with Gasteiger partial charge in [-0.25, -0.2) is 0 Å². The fourth-order valence-corrected chi connectivity index (χ4v) is 2.40. The average Bonchev–Trinajstić information content (AvgIpc) is 3.05. The predicted molar refractivity (Wildman–Crippen MR) is 109 cm³/mol. The first-order chi connectivity index (χ1) is 12.4. The lowest BCUT2D eigenvalue weighted by molar-refractivity contribution is -0.136. The summed E-state index contributed by atoms with van der Waals surface area (Å²) in [7, 11) is 0. The molecule has 1 heterocycles. The van der Waals surface area contributed by atoms with E-state index in [1.54, 1.807) is 12.1 Å². The van der Waals surface area contributed by atoms with Crippen molar-refractivity contribution in [3.05, 3.63) is 29.8 Å². The van der Waals surface area contributed by atoms with Crippen LogP contribution in [0.4, 0.5) is 5.69 Å². The van der Waals surface area contributed by atoms with Gasteiger partial charge in [-0.1, -0.05) is 59.7 Å². The number of carbonyl (C=O) groups excluding carboxylic acids is 3. The van der Waals surface area contributed by atoms with Crippen LogP contribution in [0.2, 0.25) is 0 Å². The molecule has 0 saturated heterocycles. The van der Waals surface area contributed by atoms with Crippen LogP contribution in [-0.2, 0) is 20.8 Å². The Morgan fingerprint density at radius 2 is 1.50 bits per heavy atom. The van der Waals surface area contributed by atoms with Gasteiger partial charge in [-0.3, -0.25) is 19.3 Å². The Hall–Kier alpha value is -2.17. The molecule has 26 heavy (non-hydrogen) atoms. The number of ketones is 1. The molecule has 148 valence electrons. The molecule has 5 heteroatoms. The fraction of sp³-hybridized carbons (Fsp3) is 0.571. The van der Waals surface area contributed by atoms with Crippen molar-refractivity contribution >= 4 is 23.3 Å². The summed E-state index contributed by atoms with van der Waals surface area (Å²) in [4.78, 5) is 37.1. The number of carbonyl (C=O) groups is 3. The number of Topliss-reactive ketones (excluding diaryl/α,β-unsaturated/α-hetero) is 1. The van der Waals surface area contributed by atoms with Crippen LogP contribution in [0.15, 0.2) is 24.3 Å². The third-order valence-corrected chi connectivity index (χ3v) is 3.23. The Kier molecular flexibility index (Phi) is 14.1. The molecular weight excluding hydrogens is 328 g/mol. The van der Waals surface area contributed by atoms with Gasteiger partial charge in [0.15, 0.2) is 0 Å². The number of amides is 2. The lowest BCUT2D eigenvalue weighted by atomic mass is 10.1. The number of benzene rings is 1. The molecule has 1 atom stereocenters. The quantitative estimate of drug-likeness (QED) is 0.820. The molecule has 1 N–H and O–H groups in total. The van der Waals surface area contributed by atoms with E-state index in [0.29, 0.717) is 12.1 Å². The minimum atomic E-state index is -0.647. The van der Waals surface area contributed by atoms with E-state index in [4.69, 9.17) is 0 Å². The van der Waals surface area contributed by atoms with Gasteiger partial charge in [0.05, 0.1) is 0 Å². The van der Waals surface area contributed by atoms with Crippen molar-refractivity contribution in [2.45, 2.75) is 80.8 Å². The number of hydrogen-bond acceptors (Lipinski definition) is 3. The third-order valence-electron chi connectivity index (χ3n) is 3.23. The van der Waals surface area contributed by atoms with E-state index in [9.17, 15) is 14.4 Å². The summed E-state index contributed by atoms with van der Waals surface area (Å²) >= 11 is 0. The van der Waals surface area contributed by atoms with Gasteiger partial charge in [-0.05, 0) is 25.5 Å². The maximum Gasteiger partial charge on any atom is 0.294 e. The first kappa shape index (κ1) is 26.1. The van der Waals surface area contributed by atoms with E-state index in [0.717, 1.165) is 5.56 Å². The molecule has 1 aromatic rings. The van der Waals surface area contributed by atoms with Crippen molar-refractivity contribution < 1.29 is 14.4 Å². The van der Waals surface area contributed by atoms with Crippen LogP contribution in [0.25, 0.3) is 0 Å². The second-order valence-electron chi connectivity index (χ2n) is 5.24. The van der Waals surface area contributed by atoms with Crippen molar-refractivity contribution in [2.24, 2.45) is 0 Å². The average molecular weight is 365 g/mol. The normalized spacial score (nSPS) is 13.8. The molecule has 0 spiro atoms. The van der Waals surface area contributed by atoms with Crippen LogP contribution in [0, 0.1) is 0 Å². The molecule has 5 nitrogen and oxygen atoms in total. The van der Waals surface area contributed by atoms with Crippen molar-refractivity contribution in [3.63, 3.8) is 0 Å². The van der Waals surface area contributed by atoms with Crippen molar-refractivity contribution in [2.75, 3.05) is 4.90 Å². The molecule has 0 unspecified atom stereocenters. The van der Waals surface area contributed by atoms with Gasteiger partial charge in [0.25, 0.3) is 5.91 Å². The smallest absolute Gasteiger partial charge is 0.294 e. The number of fused-ring (bicyclic) bond motifs is 1. The van der Waals surface area contributed by atoms with Gasteiger partial charge in [0.1, 0.15) is 6.04 Å². The van der Waals surface area contributed by atoms with Gasteiger partial charge >= 0.3 is 0 Å².